The summed E-state index contributed by atoms with van der Waals surface area (Å²) >= 11 is 0. The maximum absolute atomic E-state index is 12.6. The van der Waals surface area contributed by atoms with E-state index in [2.05, 4.69) is 51.0 Å². The number of carbonyl (C=O) groups excluding carboxylic acids is 1. The number of likely N-dealkylation sites (tertiary alicyclic amines) is 1. The predicted octanol–water partition coefficient (Wildman–Crippen LogP) is 3.73. The van der Waals surface area contributed by atoms with E-state index in [1.54, 1.807) is 17.3 Å². The highest BCUT2D eigenvalue weighted by Gasteiger charge is 2.47. The third-order valence-corrected chi connectivity index (χ3v) is 7.50. The van der Waals surface area contributed by atoms with Gasteiger partial charge in [0.15, 0.2) is 0 Å². The van der Waals surface area contributed by atoms with Crippen LogP contribution in [0.3, 0.4) is 0 Å². The van der Waals surface area contributed by atoms with Crippen LogP contribution in [-0.4, -0.2) is 79.0 Å². The molecule has 1 aromatic carbocycles. The molecule has 3 aliphatic heterocycles. The Morgan fingerprint density at radius 1 is 1.09 bits per heavy atom. The van der Waals surface area contributed by atoms with Gasteiger partial charge in [-0.15, -0.1) is 0 Å². The molecule has 1 aromatic heterocycles. The van der Waals surface area contributed by atoms with Gasteiger partial charge in [0, 0.05) is 44.2 Å². The first-order valence-corrected chi connectivity index (χ1v) is 12.6. The molecule has 3 fully saturated rings. The lowest BCUT2D eigenvalue weighted by Gasteiger charge is -2.38. The molecule has 1 amide bonds. The number of ether oxygens (including phenoxy) is 3. The van der Waals surface area contributed by atoms with Crippen molar-refractivity contribution in [2.45, 2.75) is 50.7 Å². The minimum atomic E-state index is -0.469. The normalized spacial score (nSPS) is 22.0. The standard InChI is InChI=1S/C26H35N5O4/c1-20-5-3-12-29(20)13-4-16-34-23-8-6-21(7-9-23)30-14-10-26(11-15-30)19-31(25(32)35-26)22-17-27-24(33-2)28-18-22/h6-9,17-18,20H,3-5,10-16,19H2,1-2H3/t20-/m1/s1. The zero-order chi connectivity index (χ0) is 24.3. The highest BCUT2D eigenvalue weighted by molar-refractivity contribution is 5.90. The van der Waals surface area contributed by atoms with E-state index in [0.717, 1.165) is 51.3 Å². The van der Waals surface area contributed by atoms with Crippen LogP contribution in [0.5, 0.6) is 11.8 Å². The maximum atomic E-state index is 12.6. The Bertz CT molecular complexity index is 992. The Morgan fingerprint density at radius 3 is 2.49 bits per heavy atom. The molecule has 0 aliphatic carbocycles. The summed E-state index contributed by atoms with van der Waals surface area (Å²) in [6.07, 6.45) is 8.10. The molecular weight excluding hydrogens is 446 g/mol. The second-order valence-electron chi connectivity index (χ2n) is 9.78. The second-order valence-corrected chi connectivity index (χ2v) is 9.78. The number of piperidine rings is 1. The second kappa shape index (κ2) is 10.3. The van der Waals surface area contributed by atoms with E-state index in [-0.39, 0.29) is 12.1 Å². The highest BCUT2D eigenvalue weighted by Crippen LogP contribution is 2.37. The van der Waals surface area contributed by atoms with Crippen LogP contribution in [0.2, 0.25) is 0 Å². The van der Waals surface area contributed by atoms with Gasteiger partial charge in [-0.25, -0.2) is 14.8 Å². The SMILES string of the molecule is COc1ncc(N2CC3(CCN(c4ccc(OCCCN5CCC[C@H]5C)cc4)CC3)OC2=O)cn1. The van der Waals surface area contributed by atoms with Gasteiger partial charge < -0.3 is 24.0 Å². The van der Waals surface area contributed by atoms with Crippen molar-refractivity contribution in [3.05, 3.63) is 36.7 Å². The van der Waals surface area contributed by atoms with Gasteiger partial charge >= 0.3 is 12.1 Å². The molecule has 5 rings (SSSR count). The van der Waals surface area contributed by atoms with Gasteiger partial charge in [0.25, 0.3) is 0 Å². The Kier molecular flexibility index (Phi) is 6.95. The number of methoxy groups -OCH3 is 1. The molecule has 0 bridgehead atoms. The number of aromatic nitrogens is 2. The van der Waals surface area contributed by atoms with Crippen molar-refractivity contribution in [1.82, 2.24) is 14.9 Å². The molecule has 3 aliphatic rings. The quantitative estimate of drug-likeness (QED) is 0.528. The summed E-state index contributed by atoms with van der Waals surface area (Å²) in [6, 6.07) is 9.34. The Hall–Kier alpha value is -3.07. The maximum Gasteiger partial charge on any atom is 0.415 e. The number of hydrogen-bond donors (Lipinski definition) is 0. The smallest absolute Gasteiger partial charge is 0.415 e. The summed E-state index contributed by atoms with van der Waals surface area (Å²) in [4.78, 5) is 27.3. The number of carbonyl (C=O) groups is 1. The third-order valence-electron chi connectivity index (χ3n) is 7.50. The summed E-state index contributed by atoms with van der Waals surface area (Å²) in [7, 11) is 1.51. The fourth-order valence-electron chi connectivity index (χ4n) is 5.34. The molecule has 0 radical (unpaired) electrons. The van der Waals surface area contributed by atoms with Gasteiger partial charge in [0.1, 0.15) is 11.4 Å². The van der Waals surface area contributed by atoms with Gasteiger partial charge in [-0.3, -0.25) is 4.90 Å². The van der Waals surface area contributed by atoms with Gasteiger partial charge in [0.05, 0.1) is 38.3 Å². The first kappa shape index (κ1) is 23.7. The summed E-state index contributed by atoms with van der Waals surface area (Å²) in [6.45, 7) is 7.57. The van der Waals surface area contributed by atoms with Crippen LogP contribution >= 0.6 is 0 Å². The first-order valence-electron chi connectivity index (χ1n) is 12.6. The number of amides is 1. The number of rotatable bonds is 8. The van der Waals surface area contributed by atoms with Crippen molar-refractivity contribution in [3.63, 3.8) is 0 Å². The largest absolute Gasteiger partial charge is 0.494 e. The number of benzene rings is 1. The molecule has 9 heteroatoms. The Balaban J connectivity index is 1.09. The molecule has 0 unspecified atom stereocenters. The molecule has 3 saturated heterocycles. The Labute approximate surface area is 207 Å². The topological polar surface area (TPSA) is 80.3 Å². The Morgan fingerprint density at radius 2 is 1.83 bits per heavy atom. The molecule has 1 spiro atoms. The van der Waals surface area contributed by atoms with Gasteiger partial charge in [-0.2, -0.15) is 0 Å². The van der Waals surface area contributed by atoms with Gasteiger partial charge in [0.2, 0.25) is 0 Å². The zero-order valence-electron chi connectivity index (χ0n) is 20.7. The van der Waals surface area contributed by atoms with Crippen molar-refractivity contribution in [1.29, 1.82) is 0 Å². The molecule has 35 heavy (non-hydrogen) atoms. The molecule has 2 aromatic rings. The molecule has 4 heterocycles. The van der Waals surface area contributed by atoms with Crippen molar-refractivity contribution >= 4 is 17.5 Å². The highest BCUT2D eigenvalue weighted by atomic mass is 16.6. The third kappa shape index (κ3) is 5.29. The van der Waals surface area contributed by atoms with Crippen LogP contribution in [0.25, 0.3) is 0 Å². The van der Waals surface area contributed by atoms with Crippen molar-refractivity contribution < 1.29 is 19.0 Å². The molecule has 0 N–H and O–H groups in total. The van der Waals surface area contributed by atoms with Crippen LogP contribution in [0, 0.1) is 0 Å². The number of anilines is 2. The molecule has 0 saturated carbocycles. The summed E-state index contributed by atoms with van der Waals surface area (Å²) in [5, 5.41) is 0. The fraction of sp³-hybridized carbons (Fsp3) is 0.577. The molecule has 9 nitrogen and oxygen atoms in total. The van der Waals surface area contributed by atoms with Crippen LogP contribution in [0.1, 0.15) is 39.0 Å². The zero-order valence-corrected chi connectivity index (χ0v) is 20.7. The van der Waals surface area contributed by atoms with Gasteiger partial charge in [-0.1, -0.05) is 0 Å². The van der Waals surface area contributed by atoms with E-state index in [0.29, 0.717) is 18.3 Å². The van der Waals surface area contributed by atoms with E-state index in [4.69, 9.17) is 14.2 Å². The molecule has 1 atom stereocenters. The van der Waals surface area contributed by atoms with E-state index >= 15 is 0 Å². The average Bonchev–Trinajstić information content (AvgIpc) is 3.45. The van der Waals surface area contributed by atoms with Gasteiger partial charge in [-0.05, 0) is 57.0 Å². The van der Waals surface area contributed by atoms with E-state index in [9.17, 15) is 4.79 Å². The lowest BCUT2D eigenvalue weighted by atomic mass is 9.91. The lowest BCUT2D eigenvalue weighted by molar-refractivity contribution is 0.0367. The van der Waals surface area contributed by atoms with Crippen molar-refractivity contribution in [2.24, 2.45) is 0 Å². The molecule has 188 valence electrons. The summed E-state index contributed by atoms with van der Waals surface area (Å²) < 4.78 is 16.8. The average molecular weight is 482 g/mol. The van der Waals surface area contributed by atoms with Crippen LogP contribution in [-0.2, 0) is 4.74 Å². The number of nitrogens with zero attached hydrogens (tertiary/aromatic N) is 5. The molecular formula is C26H35N5O4. The fourth-order valence-corrected chi connectivity index (χ4v) is 5.34. The minimum absolute atomic E-state index is 0.275. The van der Waals surface area contributed by atoms with Crippen LogP contribution in [0.4, 0.5) is 16.2 Å². The first-order chi connectivity index (χ1) is 17.0. The summed E-state index contributed by atoms with van der Waals surface area (Å²) in [5.74, 6) is 0.916. The summed E-state index contributed by atoms with van der Waals surface area (Å²) in [5.41, 5.74) is 1.33. The van der Waals surface area contributed by atoms with Crippen LogP contribution in [0.15, 0.2) is 36.7 Å². The number of hydrogen-bond acceptors (Lipinski definition) is 8. The van der Waals surface area contributed by atoms with E-state index in [1.807, 2.05) is 0 Å². The van der Waals surface area contributed by atoms with Crippen molar-refractivity contribution in [2.75, 3.05) is 56.2 Å². The van der Waals surface area contributed by atoms with E-state index < -0.39 is 5.60 Å². The predicted molar refractivity (Wildman–Crippen MR) is 133 cm³/mol. The van der Waals surface area contributed by atoms with Crippen LogP contribution < -0.4 is 19.3 Å². The minimum Gasteiger partial charge on any atom is -0.494 e. The monoisotopic (exact) mass is 481 g/mol. The van der Waals surface area contributed by atoms with E-state index in [1.165, 1.54) is 32.2 Å². The van der Waals surface area contributed by atoms with Crippen molar-refractivity contribution in [3.8, 4) is 11.8 Å². The lowest BCUT2D eigenvalue weighted by Crippen LogP contribution is -2.47.